The Balaban J connectivity index is 1.58. The van der Waals surface area contributed by atoms with Gasteiger partial charge in [0.05, 0.1) is 0 Å². The number of hydrazine groups is 1. The fourth-order valence-electron chi connectivity index (χ4n) is 2.03. The van der Waals surface area contributed by atoms with Gasteiger partial charge in [-0.3, -0.25) is 30.6 Å². The van der Waals surface area contributed by atoms with Crippen LogP contribution in [0.5, 0.6) is 0 Å². The van der Waals surface area contributed by atoms with Crippen molar-refractivity contribution >= 4 is 52.5 Å². The molecule has 9 heteroatoms. The van der Waals surface area contributed by atoms with Crippen molar-refractivity contribution in [3.63, 3.8) is 0 Å². The quantitative estimate of drug-likeness (QED) is 0.314. The van der Waals surface area contributed by atoms with Crippen molar-refractivity contribution in [1.82, 2.24) is 21.5 Å². The maximum atomic E-state index is 11.8. The Morgan fingerprint density at radius 3 is 2.43 bits per heavy atom. The van der Waals surface area contributed by atoms with Crippen LogP contribution in [-0.4, -0.2) is 22.8 Å². The van der Waals surface area contributed by atoms with Crippen LogP contribution in [0.25, 0.3) is 6.08 Å². The van der Waals surface area contributed by atoms with Gasteiger partial charge < -0.3 is 5.32 Å². The molecule has 0 bridgehead atoms. The zero-order valence-corrected chi connectivity index (χ0v) is 16.6. The Bertz CT molecular complexity index is 836. The average molecular weight is 417 g/mol. The van der Waals surface area contributed by atoms with E-state index in [4.69, 9.17) is 12.2 Å². The van der Waals surface area contributed by atoms with Crippen molar-refractivity contribution in [2.75, 3.05) is 0 Å². The van der Waals surface area contributed by atoms with Crippen molar-refractivity contribution in [3.05, 3.63) is 64.4 Å². The van der Waals surface area contributed by atoms with E-state index in [2.05, 4.69) is 21.5 Å². The van der Waals surface area contributed by atoms with E-state index in [1.165, 1.54) is 17.4 Å². The standard InChI is InChI=1S/C19H20N4O3S2/c24-16(20-13-14-5-2-1-3-6-14)10-11-18(26)22-23-19(27)21-17(25)9-8-15-7-4-12-28-15/h1-9,12H,10-11,13H2,(H,20,24)(H,22,26)(H2,21,23,25,27)/b9-8+. The van der Waals surface area contributed by atoms with Gasteiger partial charge in [-0.1, -0.05) is 36.4 Å². The monoisotopic (exact) mass is 416 g/mol. The van der Waals surface area contributed by atoms with E-state index >= 15 is 0 Å². The minimum Gasteiger partial charge on any atom is -0.352 e. The van der Waals surface area contributed by atoms with Crippen LogP contribution in [0, 0.1) is 0 Å². The van der Waals surface area contributed by atoms with Crippen LogP contribution >= 0.6 is 23.6 Å². The number of hydrogen-bond acceptors (Lipinski definition) is 5. The molecule has 1 aromatic heterocycles. The Labute approximate surface area is 172 Å². The molecule has 0 aliphatic heterocycles. The normalized spacial score (nSPS) is 10.3. The summed E-state index contributed by atoms with van der Waals surface area (Å²) in [4.78, 5) is 36.2. The van der Waals surface area contributed by atoms with Crippen LogP contribution in [0.1, 0.15) is 23.3 Å². The molecular formula is C19H20N4O3S2. The van der Waals surface area contributed by atoms with Gasteiger partial charge in [-0.2, -0.15) is 0 Å². The minimum atomic E-state index is -0.416. The number of thiophene rings is 1. The Hall–Kier alpha value is -3.04. The van der Waals surface area contributed by atoms with Crippen LogP contribution < -0.4 is 21.5 Å². The topological polar surface area (TPSA) is 99.3 Å². The molecule has 4 N–H and O–H groups in total. The molecule has 0 saturated carbocycles. The molecule has 7 nitrogen and oxygen atoms in total. The molecule has 0 atom stereocenters. The second-order valence-electron chi connectivity index (χ2n) is 5.60. The third kappa shape index (κ3) is 8.56. The Morgan fingerprint density at radius 2 is 1.71 bits per heavy atom. The van der Waals surface area contributed by atoms with Crippen LogP contribution in [0.3, 0.4) is 0 Å². The number of carbonyl (C=O) groups excluding carboxylic acids is 3. The summed E-state index contributed by atoms with van der Waals surface area (Å²) in [5.41, 5.74) is 5.75. The first-order valence-corrected chi connectivity index (χ1v) is 9.74. The van der Waals surface area contributed by atoms with Gasteiger partial charge >= 0.3 is 0 Å². The molecule has 0 aliphatic carbocycles. The number of benzene rings is 1. The van der Waals surface area contributed by atoms with Gasteiger partial charge in [-0.25, -0.2) is 0 Å². The molecule has 3 amide bonds. The van der Waals surface area contributed by atoms with E-state index in [0.29, 0.717) is 6.54 Å². The van der Waals surface area contributed by atoms with Crippen LogP contribution in [0.2, 0.25) is 0 Å². The highest BCUT2D eigenvalue weighted by molar-refractivity contribution is 7.80. The summed E-state index contributed by atoms with van der Waals surface area (Å²) in [6.45, 7) is 0.411. The summed E-state index contributed by atoms with van der Waals surface area (Å²) < 4.78 is 0. The number of thiocarbonyl (C=S) groups is 1. The summed E-state index contributed by atoms with van der Waals surface area (Å²) in [5, 5.41) is 7.01. The van der Waals surface area contributed by atoms with Crippen LogP contribution in [0.15, 0.2) is 53.9 Å². The maximum absolute atomic E-state index is 11.8. The third-order valence-corrected chi connectivity index (χ3v) is 4.45. The highest BCUT2D eigenvalue weighted by atomic mass is 32.1. The van der Waals surface area contributed by atoms with Crippen molar-refractivity contribution in [2.24, 2.45) is 0 Å². The van der Waals surface area contributed by atoms with E-state index in [1.54, 1.807) is 6.08 Å². The van der Waals surface area contributed by atoms with Gasteiger partial charge in [0, 0.05) is 30.3 Å². The average Bonchev–Trinajstić information content (AvgIpc) is 3.22. The Kier molecular flexibility index (Phi) is 8.83. The fraction of sp³-hybridized carbons (Fsp3) is 0.158. The molecule has 0 unspecified atom stereocenters. The number of hydrogen-bond donors (Lipinski definition) is 4. The third-order valence-electron chi connectivity index (χ3n) is 3.41. The fourth-order valence-corrected chi connectivity index (χ4v) is 2.80. The van der Waals surface area contributed by atoms with E-state index in [1.807, 2.05) is 47.8 Å². The van der Waals surface area contributed by atoms with Crippen molar-refractivity contribution in [1.29, 1.82) is 0 Å². The van der Waals surface area contributed by atoms with Crippen molar-refractivity contribution in [3.8, 4) is 0 Å². The molecule has 0 aliphatic rings. The van der Waals surface area contributed by atoms with Gasteiger partial charge in [0.1, 0.15) is 0 Å². The molecule has 28 heavy (non-hydrogen) atoms. The van der Waals surface area contributed by atoms with Gasteiger partial charge in [0.25, 0.3) is 0 Å². The lowest BCUT2D eigenvalue weighted by Gasteiger charge is -2.10. The smallest absolute Gasteiger partial charge is 0.250 e. The van der Waals surface area contributed by atoms with Gasteiger partial charge in [-0.05, 0) is 35.3 Å². The van der Waals surface area contributed by atoms with E-state index in [-0.39, 0.29) is 23.9 Å². The molecule has 0 fully saturated rings. The lowest BCUT2D eigenvalue weighted by Crippen LogP contribution is -2.48. The molecule has 0 spiro atoms. The lowest BCUT2D eigenvalue weighted by molar-refractivity contribution is -0.126. The van der Waals surface area contributed by atoms with Crippen LogP contribution in [-0.2, 0) is 20.9 Å². The second-order valence-corrected chi connectivity index (χ2v) is 6.99. The predicted octanol–water partition coefficient (Wildman–Crippen LogP) is 1.88. The largest absolute Gasteiger partial charge is 0.352 e. The molecular weight excluding hydrogens is 396 g/mol. The van der Waals surface area contributed by atoms with Crippen LogP contribution in [0.4, 0.5) is 0 Å². The summed E-state index contributed by atoms with van der Waals surface area (Å²) in [6.07, 6.45) is 3.04. The number of carbonyl (C=O) groups is 3. The molecule has 146 valence electrons. The van der Waals surface area contributed by atoms with Crippen molar-refractivity contribution in [2.45, 2.75) is 19.4 Å². The predicted molar refractivity (Wildman–Crippen MR) is 113 cm³/mol. The summed E-state index contributed by atoms with van der Waals surface area (Å²) in [7, 11) is 0. The first-order chi connectivity index (χ1) is 13.5. The first kappa shape index (κ1) is 21.3. The first-order valence-electron chi connectivity index (χ1n) is 8.45. The summed E-state index contributed by atoms with van der Waals surface area (Å²) in [6, 6.07) is 13.2. The molecule has 1 aromatic carbocycles. The van der Waals surface area contributed by atoms with E-state index < -0.39 is 11.8 Å². The SMILES string of the molecule is O=C(/C=C/c1cccs1)NC(=S)NNC(=O)CCC(=O)NCc1ccccc1. The minimum absolute atomic E-state index is 0.0114. The summed E-state index contributed by atoms with van der Waals surface area (Å²) in [5.74, 6) is -1.06. The van der Waals surface area contributed by atoms with Gasteiger partial charge in [0.2, 0.25) is 17.7 Å². The molecule has 2 rings (SSSR count). The molecule has 2 aromatic rings. The maximum Gasteiger partial charge on any atom is 0.250 e. The zero-order valence-electron chi connectivity index (χ0n) is 14.9. The number of rotatable bonds is 7. The Morgan fingerprint density at radius 1 is 0.964 bits per heavy atom. The second kappa shape index (κ2) is 11.6. The molecule has 0 saturated heterocycles. The van der Waals surface area contributed by atoms with E-state index in [9.17, 15) is 14.4 Å². The van der Waals surface area contributed by atoms with Gasteiger partial charge in [0.15, 0.2) is 5.11 Å². The highest BCUT2D eigenvalue weighted by Gasteiger charge is 2.08. The van der Waals surface area contributed by atoms with Crippen molar-refractivity contribution < 1.29 is 14.4 Å². The lowest BCUT2D eigenvalue weighted by atomic mass is 10.2. The highest BCUT2D eigenvalue weighted by Crippen LogP contribution is 2.09. The molecule has 1 heterocycles. The zero-order chi connectivity index (χ0) is 20.2. The molecule has 0 radical (unpaired) electrons. The van der Waals surface area contributed by atoms with Gasteiger partial charge in [-0.15, -0.1) is 11.3 Å². The van der Waals surface area contributed by atoms with E-state index in [0.717, 1.165) is 10.4 Å². The number of amides is 3. The number of nitrogens with one attached hydrogen (secondary N) is 4. The summed E-state index contributed by atoms with van der Waals surface area (Å²) >= 11 is 6.43.